The number of hydrogen-bond acceptors (Lipinski definition) is 3. The van der Waals surface area contributed by atoms with E-state index in [9.17, 15) is 4.79 Å². The minimum atomic E-state index is -0.341. The van der Waals surface area contributed by atoms with Crippen LogP contribution in [0.4, 0.5) is 0 Å². The Kier molecular flexibility index (Phi) is 5.73. The van der Waals surface area contributed by atoms with Crippen LogP contribution in [-0.4, -0.2) is 19.7 Å². The fraction of sp³-hybridized carbons (Fsp3) is 0.308. The van der Waals surface area contributed by atoms with E-state index in [4.69, 9.17) is 16.3 Å². The topological polar surface area (TPSA) is 35.5 Å². The first-order valence-electron chi connectivity index (χ1n) is 5.21. The maximum absolute atomic E-state index is 11.1. The van der Waals surface area contributed by atoms with Crippen LogP contribution >= 0.6 is 11.6 Å². The molecule has 0 N–H and O–H groups in total. The molecule has 0 amide bonds. The van der Waals surface area contributed by atoms with Crippen molar-refractivity contribution in [2.24, 2.45) is 0 Å². The third-order valence-corrected chi connectivity index (χ3v) is 2.60. The summed E-state index contributed by atoms with van der Waals surface area (Å²) in [4.78, 5) is 11.1. The fourth-order valence-corrected chi connectivity index (χ4v) is 1.40. The number of benzene rings is 1. The van der Waals surface area contributed by atoms with Crippen molar-refractivity contribution in [2.45, 2.75) is 13.5 Å². The summed E-state index contributed by atoms with van der Waals surface area (Å²) >= 11 is 5.97. The number of ether oxygens (including phenoxy) is 2. The summed E-state index contributed by atoms with van der Waals surface area (Å²) in [6.45, 7) is 2.46. The van der Waals surface area contributed by atoms with Gasteiger partial charge in [0, 0.05) is 10.6 Å². The predicted octanol–water partition coefficient (Wildman–Crippen LogP) is 2.98. The Bertz CT molecular complexity index is 413. The third kappa shape index (κ3) is 4.59. The van der Waals surface area contributed by atoms with Gasteiger partial charge >= 0.3 is 5.97 Å². The van der Waals surface area contributed by atoms with Gasteiger partial charge in [-0.2, -0.15) is 0 Å². The predicted molar refractivity (Wildman–Crippen MR) is 66.9 cm³/mol. The van der Waals surface area contributed by atoms with Crippen LogP contribution in [0.2, 0.25) is 5.02 Å². The molecule has 0 fully saturated rings. The normalized spacial score (nSPS) is 11.4. The number of carbonyl (C=O) groups excluding carboxylic acids is 1. The van der Waals surface area contributed by atoms with Crippen molar-refractivity contribution < 1.29 is 14.3 Å². The van der Waals surface area contributed by atoms with E-state index in [0.717, 1.165) is 5.56 Å². The standard InChI is InChI=1S/C13H15ClO3/c1-10(13(15)16-2)7-8-17-9-11-5-3-4-6-12(11)14/h3-7H,8-9H2,1-2H3. The molecule has 1 aromatic carbocycles. The van der Waals surface area contributed by atoms with Gasteiger partial charge in [0.05, 0.1) is 20.3 Å². The van der Waals surface area contributed by atoms with Crippen LogP contribution in [0.5, 0.6) is 0 Å². The van der Waals surface area contributed by atoms with Gasteiger partial charge in [-0.25, -0.2) is 4.79 Å². The lowest BCUT2D eigenvalue weighted by atomic mass is 10.2. The lowest BCUT2D eigenvalue weighted by Gasteiger charge is -2.04. The molecular weight excluding hydrogens is 240 g/mol. The quantitative estimate of drug-likeness (QED) is 0.460. The zero-order valence-corrected chi connectivity index (χ0v) is 10.7. The molecule has 0 saturated heterocycles. The Balaban J connectivity index is 2.39. The SMILES string of the molecule is COC(=O)C(C)=CCOCc1ccccc1Cl. The van der Waals surface area contributed by atoms with Gasteiger partial charge < -0.3 is 9.47 Å². The Hall–Kier alpha value is -1.32. The molecule has 92 valence electrons. The van der Waals surface area contributed by atoms with E-state index < -0.39 is 0 Å². The third-order valence-electron chi connectivity index (χ3n) is 2.23. The molecule has 0 aromatic heterocycles. The van der Waals surface area contributed by atoms with Crippen LogP contribution in [0.25, 0.3) is 0 Å². The Labute approximate surface area is 106 Å². The van der Waals surface area contributed by atoms with Crippen molar-refractivity contribution in [3.63, 3.8) is 0 Å². The molecule has 0 spiro atoms. The number of methoxy groups -OCH3 is 1. The zero-order valence-electron chi connectivity index (χ0n) is 9.90. The van der Waals surface area contributed by atoms with E-state index in [-0.39, 0.29) is 5.97 Å². The number of rotatable bonds is 5. The fourth-order valence-electron chi connectivity index (χ4n) is 1.21. The molecule has 0 unspecified atom stereocenters. The van der Waals surface area contributed by atoms with E-state index in [1.54, 1.807) is 13.0 Å². The number of hydrogen-bond donors (Lipinski definition) is 0. The van der Waals surface area contributed by atoms with Crippen molar-refractivity contribution in [1.82, 2.24) is 0 Å². The lowest BCUT2D eigenvalue weighted by molar-refractivity contribution is -0.136. The van der Waals surface area contributed by atoms with Crippen LogP contribution in [0.1, 0.15) is 12.5 Å². The summed E-state index contributed by atoms with van der Waals surface area (Å²) in [6, 6.07) is 7.49. The molecule has 4 heteroatoms. The zero-order chi connectivity index (χ0) is 12.7. The number of halogens is 1. The van der Waals surface area contributed by atoms with Gasteiger partial charge in [0.1, 0.15) is 0 Å². The summed E-state index contributed by atoms with van der Waals surface area (Å²) in [5.41, 5.74) is 1.46. The molecule has 0 aliphatic heterocycles. The number of carbonyl (C=O) groups is 1. The number of esters is 1. The van der Waals surface area contributed by atoms with E-state index in [1.165, 1.54) is 7.11 Å². The molecule has 0 aliphatic carbocycles. The molecule has 17 heavy (non-hydrogen) atoms. The molecule has 0 atom stereocenters. The smallest absolute Gasteiger partial charge is 0.333 e. The van der Waals surface area contributed by atoms with E-state index in [0.29, 0.717) is 23.8 Å². The molecule has 0 bridgehead atoms. The van der Waals surface area contributed by atoms with Crippen molar-refractivity contribution in [2.75, 3.05) is 13.7 Å². The van der Waals surface area contributed by atoms with Gasteiger partial charge in [0.15, 0.2) is 0 Å². The first kappa shape index (κ1) is 13.7. The summed E-state index contributed by atoms with van der Waals surface area (Å²) in [5, 5.41) is 0.682. The monoisotopic (exact) mass is 254 g/mol. The second-order valence-corrected chi connectivity index (χ2v) is 3.89. The lowest BCUT2D eigenvalue weighted by Crippen LogP contribution is -2.03. The Morgan fingerprint density at radius 1 is 1.41 bits per heavy atom. The summed E-state index contributed by atoms with van der Waals surface area (Å²) < 4.78 is 9.96. The second-order valence-electron chi connectivity index (χ2n) is 3.49. The summed E-state index contributed by atoms with van der Waals surface area (Å²) in [7, 11) is 1.35. The van der Waals surface area contributed by atoms with Gasteiger partial charge in [0.2, 0.25) is 0 Å². The van der Waals surface area contributed by atoms with Crippen molar-refractivity contribution in [1.29, 1.82) is 0 Å². The highest BCUT2D eigenvalue weighted by Crippen LogP contribution is 2.15. The highest BCUT2D eigenvalue weighted by Gasteiger charge is 2.02. The second kappa shape index (κ2) is 7.09. The van der Waals surface area contributed by atoms with Gasteiger partial charge in [-0.3, -0.25) is 0 Å². The van der Waals surface area contributed by atoms with Crippen LogP contribution in [0.15, 0.2) is 35.9 Å². The Morgan fingerprint density at radius 3 is 2.76 bits per heavy atom. The molecule has 1 aromatic rings. The van der Waals surface area contributed by atoms with Crippen molar-refractivity contribution >= 4 is 17.6 Å². The largest absolute Gasteiger partial charge is 0.466 e. The van der Waals surface area contributed by atoms with Crippen LogP contribution in [0, 0.1) is 0 Å². The molecule has 3 nitrogen and oxygen atoms in total. The molecule has 1 rings (SSSR count). The highest BCUT2D eigenvalue weighted by molar-refractivity contribution is 6.31. The molecular formula is C13H15ClO3. The highest BCUT2D eigenvalue weighted by atomic mass is 35.5. The van der Waals surface area contributed by atoms with Crippen molar-refractivity contribution in [3.8, 4) is 0 Å². The van der Waals surface area contributed by atoms with Crippen LogP contribution in [-0.2, 0) is 20.9 Å². The Morgan fingerprint density at radius 2 is 2.12 bits per heavy atom. The van der Waals surface area contributed by atoms with E-state index in [2.05, 4.69) is 4.74 Å². The first-order chi connectivity index (χ1) is 8.15. The van der Waals surface area contributed by atoms with E-state index >= 15 is 0 Å². The first-order valence-corrected chi connectivity index (χ1v) is 5.59. The minimum Gasteiger partial charge on any atom is -0.466 e. The average Bonchev–Trinajstić information content (AvgIpc) is 2.35. The molecule has 0 saturated carbocycles. The molecule has 0 aliphatic rings. The average molecular weight is 255 g/mol. The summed E-state index contributed by atoms with van der Waals surface area (Å²) in [5.74, 6) is -0.341. The summed E-state index contributed by atoms with van der Waals surface area (Å²) in [6.07, 6.45) is 1.68. The van der Waals surface area contributed by atoms with Gasteiger partial charge in [-0.1, -0.05) is 29.8 Å². The maximum Gasteiger partial charge on any atom is 0.333 e. The molecule has 0 radical (unpaired) electrons. The molecule has 0 heterocycles. The maximum atomic E-state index is 11.1. The van der Waals surface area contributed by atoms with E-state index in [1.807, 2.05) is 24.3 Å². The van der Waals surface area contributed by atoms with Crippen molar-refractivity contribution in [3.05, 3.63) is 46.5 Å². The van der Waals surface area contributed by atoms with Gasteiger partial charge in [-0.15, -0.1) is 0 Å². The van der Waals surface area contributed by atoms with Gasteiger partial charge in [0.25, 0.3) is 0 Å². The van der Waals surface area contributed by atoms with Crippen LogP contribution < -0.4 is 0 Å². The minimum absolute atomic E-state index is 0.341. The van der Waals surface area contributed by atoms with Crippen LogP contribution in [0.3, 0.4) is 0 Å². The van der Waals surface area contributed by atoms with Gasteiger partial charge in [-0.05, 0) is 24.6 Å².